The van der Waals surface area contributed by atoms with Gasteiger partial charge in [-0.25, -0.2) is 0 Å². The van der Waals surface area contributed by atoms with Gasteiger partial charge in [0.15, 0.2) is 0 Å². The molecule has 1 aliphatic heterocycles. The summed E-state index contributed by atoms with van der Waals surface area (Å²) in [7, 11) is 1.50. The molecule has 8 heteroatoms. The van der Waals surface area contributed by atoms with Gasteiger partial charge >= 0.3 is 0 Å². The van der Waals surface area contributed by atoms with E-state index in [0.29, 0.717) is 22.9 Å². The summed E-state index contributed by atoms with van der Waals surface area (Å²) in [6, 6.07) is 11.1. The quantitative estimate of drug-likeness (QED) is 0.595. The number of amides is 2. The number of nitro benzene ring substituents is 1. The van der Waals surface area contributed by atoms with Crippen LogP contribution in [-0.2, 0) is 0 Å². The van der Waals surface area contributed by atoms with Crippen molar-refractivity contribution >= 4 is 28.9 Å². The summed E-state index contributed by atoms with van der Waals surface area (Å²) in [5.74, 6) is -0.236. The molecule has 0 unspecified atom stereocenters. The maximum Gasteiger partial charge on any atom is 0.293 e. The molecule has 0 spiro atoms. The lowest BCUT2D eigenvalue weighted by Gasteiger charge is -2.31. The molecule has 29 heavy (non-hydrogen) atoms. The minimum absolute atomic E-state index is 0.0909. The molecular formula is C21H24N4O4. The highest BCUT2D eigenvalue weighted by Crippen LogP contribution is 2.32. The van der Waals surface area contributed by atoms with Crippen LogP contribution in [0.3, 0.4) is 0 Å². The number of anilines is 2. The van der Waals surface area contributed by atoms with E-state index in [1.165, 1.54) is 13.1 Å². The van der Waals surface area contributed by atoms with Crippen molar-refractivity contribution in [2.24, 2.45) is 5.92 Å². The number of benzene rings is 2. The second-order valence-corrected chi connectivity index (χ2v) is 7.21. The maximum atomic E-state index is 12.7. The highest BCUT2D eigenvalue weighted by Gasteiger charge is 2.25. The third-order valence-electron chi connectivity index (χ3n) is 5.21. The topological polar surface area (TPSA) is 105 Å². The number of nitrogens with zero attached hydrogens (tertiary/aromatic N) is 2. The van der Waals surface area contributed by atoms with Gasteiger partial charge in [-0.2, -0.15) is 0 Å². The maximum absolute atomic E-state index is 12.7. The summed E-state index contributed by atoms with van der Waals surface area (Å²) in [6.45, 7) is 3.69. The van der Waals surface area contributed by atoms with E-state index >= 15 is 0 Å². The van der Waals surface area contributed by atoms with Gasteiger partial charge in [0.1, 0.15) is 5.69 Å². The summed E-state index contributed by atoms with van der Waals surface area (Å²) >= 11 is 0. The van der Waals surface area contributed by atoms with E-state index in [-0.39, 0.29) is 17.2 Å². The molecule has 0 bridgehead atoms. The van der Waals surface area contributed by atoms with E-state index in [4.69, 9.17) is 0 Å². The molecule has 2 aromatic carbocycles. The molecule has 1 fully saturated rings. The number of rotatable bonds is 5. The first-order valence-electron chi connectivity index (χ1n) is 9.56. The lowest BCUT2D eigenvalue weighted by atomic mass is 9.98. The molecule has 2 aromatic rings. The number of hydrogen-bond acceptors (Lipinski definition) is 5. The first-order valence-corrected chi connectivity index (χ1v) is 9.56. The van der Waals surface area contributed by atoms with Gasteiger partial charge in [-0.3, -0.25) is 19.7 Å². The van der Waals surface area contributed by atoms with E-state index < -0.39 is 10.8 Å². The molecule has 1 aliphatic rings. The van der Waals surface area contributed by atoms with E-state index in [0.717, 1.165) is 25.9 Å². The largest absolute Gasteiger partial charge is 0.366 e. The number of piperidine rings is 1. The Labute approximate surface area is 169 Å². The summed E-state index contributed by atoms with van der Waals surface area (Å²) in [5, 5.41) is 16.8. The molecule has 1 saturated heterocycles. The van der Waals surface area contributed by atoms with Gasteiger partial charge in [-0.15, -0.1) is 0 Å². The molecule has 2 amide bonds. The van der Waals surface area contributed by atoms with Crippen molar-refractivity contribution in [3.05, 3.63) is 63.7 Å². The highest BCUT2D eigenvalue weighted by atomic mass is 16.6. The van der Waals surface area contributed by atoms with Gasteiger partial charge in [0.25, 0.3) is 17.5 Å². The third kappa shape index (κ3) is 4.53. The van der Waals surface area contributed by atoms with Crippen molar-refractivity contribution in [2.75, 3.05) is 30.4 Å². The number of para-hydroxylation sites is 1. The Morgan fingerprint density at radius 1 is 1.10 bits per heavy atom. The first-order chi connectivity index (χ1) is 13.9. The summed E-state index contributed by atoms with van der Waals surface area (Å²) in [5.41, 5.74) is 1.26. The number of carbonyl (C=O) groups excluding carboxylic acids is 2. The van der Waals surface area contributed by atoms with Crippen LogP contribution in [-0.4, -0.2) is 36.9 Å². The summed E-state index contributed by atoms with van der Waals surface area (Å²) in [4.78, 5) is 37.9. The Kier molecular flexibility index (Phi) is 6.11. The van der Waals surface area contributed by atoms with Crippen LogP contribution < -0.4 is 15.5 Å². The van der Waals surface area contributed by atoms with Crippen molar-refractivity contribution in [3.63, 3.8) is 0 Å². The van der Waals surface area contributed by atoms with E-state index in [9.17, 15) is 19.7 Å². The molecule has 1 heterocycles. The number of nitrogens with one attached hydrogen (secondary N) is 2. The Morgan fingerprint density at radius 3 is 2.45 bits per heavy atom. The Balaban J connectivity index is 1.86. The predicted octanol–water partition coefficient (Wildman–Crippen LogP) is 3.44. The molecule has 0 aromatic heterocycles. The zero-order valence-corrected chi connectivity index (χ0v) is 16.5. The molecule has 2 N–H and O–H groups in total. The fourth-order valence-electron chi connectivity index (χ4n) is 3.45. The minimum atomic E-state index is -0.511. The van der Waals surface area contributed by atoms with E-state index in [1.807, 2.05) is 4.90 Å². The fraction of sp³-hybridized carbons (Fsp3) is 0.333. The van der Waals surface area contributed by atoms with Crippen LogP contribution in [0.4, 0.5) is 17.1 Å². The first kappa shape index (κ1) is 20.3. The van der Waals surface area contributed by atoms with Crippen LogP contribution >= 0.6 is 0 Å². The van der Waals surface area contributed by atoms with Crippen LogP contribution in [0.15, 0.2) is 42.5 Å². The van der Waals surface area contributed by atoms with Gasteiger partial charge in [0, 0.05) is 31.8 Å². The number of nitro groups is 1. The second kappa shape index (κ2) is 8.72. The van der Waals surface area contributed by atoms with Crippen LogP contribution in [0.2, 0.25) is 0 Å². The third-order valence-corrected chi connectivity index (χ3v) is 5.21. The molecule has 0 saturated carbocycles. The predicted molar refractivity (Wildman–Crippen MR) is 111 cm³/mol. The molecule has 0 radical (unpaired) electrons. The van der Waals surface area contributed by atoms with E-state index in [2.05, 4.69) is 17.6 Å². The van der Waals surface area contributed by atoms with Crippen LogP contribution in [0.25, 0.3) is 0 Å². The lowest BCUT2D eigenvalue weighted by Crippen LogP contribution is -2.33. The molecule has 0 atom stereocenters. The number of carbonyl (C=O) groups is 2. The summed E-state index contributed by atoms with van der Waals surface area (Å²) < 4.78 is 0. The second-order valence-electron chi connectivity index (χ2n) is 7.21. The fourth-order valence-corrected chi connectivity index (χ4v) is 3.45. The Morgan fingerprint density at radius 2 is 1.79 bits per heavy atom. The van der Waals surface area contributed by atoms with Gasteiger partial charge in [0.2, 0.25) is 0 Å². The average molecular weight is 396 g/mol. The van der Waals surface area contributed by atoms with E-state index in [1.54, 1.807) is 36.4 Å². The normalized spacial score (nSPS) is 14.3. The van der Waals surface area contributed by atoms with Crippen molar-refractivity contribution in [1.82, 2.24) is 5.32 Å². The Hall–Kier alpha value is -3.42. The van der Waals surface area contributed by atoms with Crippen LogP contribution in [0, 0.1) is 16.0 Å². The van der Waals surface area contributed by atoms with Crippen molar-refractivity contribution in [3.8, 4) is 0 Å². The SMILES string of the molecule is CNC(=O)c1ccccc1NC(=O)c1ccc(N2CCC(C)CC2)c([N+](=O)[O-])c1. The molecule has 152 valence electrons. The summed E-state index contributed by atoms with van der Waals surface area (Å²) in [6.07, 6.45) is 1.96. The van der Waals surface area contributed by atoms with Crippen molar-refractivity contribution in [1.29, 1.82) is 0 Å². The Bertz CT molecular complexity index is 936. The lowest BCUT2D eigenvalue weighted by molar-refractivity contribution is -0.384. The zero-order valence-electron chi connectivity index (χ0n) is 16.5. The highest BCUT2D eigenvalue weighted by molar-refractivity contribution is 6.09. The van der Waals surface area contributed by atoms with Crippen LogP contribution in [0.5, 0.6) is 0 Å². The van der Waals surface area contributed by atoms with Crippen LogP contribution in [0.1, 0.15) is 40.5 Å². The molecule has 8 nitrogen and oxygen atoms in total. The molecular weight excluding hydrogens is 372 g/mol. The minimum Gasteiger partial charge on any atom is -0.366 e. The van der Waals surface area contributed by atoms with Crippen molar-refractivity contribution in [2.45, 2.75) is 19.8 Å². The molecule has 0 aliphatic carbocycles. The number of hydrogen-bond donors (Lipinski definition) is 2. The van der Waals surface area contributed by atoms with Crippen molar-refractivity contribution < 1.29 is 14.5 Å². The zero-order chi connectivity index (χ0) is 21.0. The average Bonchev–Trinajstić information content (AvgIpc) is 2.73. The smallest absolute Gasteiger partial charge is 0.293 e. The van der Waals surface area contributed by atoms with Gasteiger partial charge in [-0.05, 0) is 43.0 Å². The standard InChI is InChI=1S/C21H24N4O4/c1-14-9-11-24(12-10-14)18-8-7-15(13-19(18)25(28)29)20(26)23-17-6-4-3-5-16(17)21(27)22-2/h3-8,13-14H,9-12H2,1-2H3,(H,22,27)(H,23,26). The van der Waals surface area contributed by atoms with Gasteiger partial charge in [-0.1, -0.05) is 19.1 Å². The van der Waals surface area contributed by atoms with Gasteiger partial charge in [0.05, 0.1) is 16.2 Å². The van der Waals surface area contributed by atoms with Gasteiger partial charge < -0.3 is 15.5 Å². The monoisotopic (exact) mass is 396 g/mol. The molecule has 3 rings (SSSR count).